The zero-order valence-electron chi connectivity index (χ0n) is 60.6. The second-order valence-corrected chi connectivity index (χ2v) is 30.3. The van der Waals surface area contributed by atoms with Crippen LogP contribution in [0.4, 0.5) is 0 Å². The summed E-state index contributed by atoms with van der Waals surface area (Å²) < 4.78 is 68.3. The van der Waals surface area contributed by atoms with Gasteiger partial charge in [0, 0.05) is 25.7 Å². The molecule has 3 unspecified atom stereocenters. The Kier molecular flexibility index (Phi) is 64.6. The average molecular weight is 1370 g/mol. The molecule has 0 radical (unpaired) electrons. The van der Waals surface area contributed by atoms with Crippen LogP contribution in [0.1, 0.15) is 382 Å². The highest BCUT2D eigenvalue weighted by molar-refractivity contribution is 7.47. The average Bonchev–Trinajstić information content (AvgIpc) is 3.73. The van der Waals surface area contributed by atoms with Gasteiger partial charge >= 0.3 is 39.5 Å². The molecule has 0 bridgehead atoms. The van der Waals surface area contributed by atoms with Crippen LogP contribution in [0.25, 0.3) is 0 Å². The maximum Gasteiger partial charge on any atom is 0.472 e. The fourth-order valence-electron chi connectivity index (χ4n) is 11.3. The highest BCUT2D eigenvalue weighted by atomic mass is 31.2. The number of hydrogen-bond donors (Lipinski definition) is 3. The summed E-state index contributed by atoms with van der Waals surface area (Å²) in [6.07, 6.45) is 52.8. The van der Waals surface area contributed by atoms with E-state index in [2.05, 4.69) is 41.5 Å². The van der Waals surface area contributed by atoms with Crippen molar-refractivity contribution in [3.05, 3.63) is 0 Å². The molecule has 0 aliphatic rings. The molecule has 3 N–H and O–H groups in total. The van der Waals surface area contributed by atoms with Gasteiger partial charge in [-0.1, -0.05) is 330 Å². The SMILES string of the molecule is CCCCCCCCCCCCCCCCCCCCC(=O)O[C@H](COC(=O)CCCCCCCCCCCCCCCC(C)C)COP(=O)(O)OC[C@@H](O)COP(=O)(O)OC[C@@H](COC(=O)CCCCCCCCC)OC(=O)CCCCCCCCCCC(C)CC. The predicted molar refractivity (Wildman–Crippen MR) is 377 cm³/mol. The molecule has 552 valence electrons. The first-order chi connectivity index (χ1) is 44.9. The number of aliphatic hydroxyl groups excluding tert-OH is 1. The van der Waals surface area contributed by atoms with E-state index in [0.717, 1.165) is 115 Å². The van der Waals surface area contributed by atoms with Gasteiger partial charge in [-0.3, -0.25) is 37.3 Å². The molecular formula is C74H144O17P2. The molecule has 17 nitrogen and oxygen atoms in total. The van der Waals surface area contributed by atoms with E-state index < -0.39 is 97.5 Å². The summed E-state index contributed by atoms with van der Waals surface area (Å²) in [6.45, 7) is 9.56. The maximum absolute atomic E-state index is 13.1. The predicted octanol–water partition coefficient (Wildman–Crippen LogP) is 21.6. The van der Waals surface area contributed by atoms with Crippen molar-refractivity contribution in [3.8, 4) is 0 Å². The number of rotatable bonds is 73. The van der Waals surface area contributed by atoms with Crippen molar-refractivity contribution in [3.63, 3.8) is 0 Å². The molecular weight excluding hydrogens is 1220 g/mol. The van der Waals surface area contributed by atoms with Crippen LogP contribution in [-0.4, -0.2) is 96.7 Å². The highest BCUT2D eigenvalue weighted by Gasteiger charge is 2.30. The summed E-state index contributed by atoms with van der Waals surface area (Å²) in [5, 5.41) is 10.6. The van der Waals surface area contributed by atoms with Crippen molar-refractivity contribution < 1.29 is 80.2 Å². The Labute approximate surface area is 568 Å². The number of aliphatic hydroxyl groups is 1. The van der Waals surface area contributed by atoms with E-state index in [1.807, 2.05) is 0 Å². The Morgan fingerprint density at radius 3 is 0.817 bits per heavy atom. The van der Waals surface area contributed by atoms with Crippen molar-refractivity contribution in [2.75, 3.05) is 39.6 Å². The maximum atomic E-state index is 13.1. The van der Waals surface area contributed by atoms with Gasteiger partial charge in [0.2, 0.25) is 0 Å². The van der Waals surface area contributed by atoms with Crippen molar-refractivity contribution in [2.45, 2.75) is 400 Å². The molecule has 0 aromatic heterocycles. The lowest BCUT2D eigenvalue weighted by atomic mass is 9.99. The monoisotopic (exact) mass is 1370 g/mol. The summed E-state index contributed by atoms with van der Waals surface area (Å²) in [4.78, 5) is 72.6. The lowest BCUT2D eigenvalue weighted by molar-refractivity contribution is -0.161. The van der Waals surface area contributed by atoms with Gasteiger partial charge in [-0.05, 0) is 37.5 Å². The molecule has 0 aromatic rings. The van der Waals surface area contributed by atoms with Crippen LogP contribution >= 0.6 is 15.6 Å². The summed E-state index contributed by atoms with van der Waals surface area (Å²) in [6, 6.07) is 0. The first-order valence-electron chi connectivity index (χ1n) is 38.5. The number of unbranched alkanes of at least 4 members (excludes halogenated alkanes) is 42. The zero-order chi connectivity index (χ0) is 68.6. The van der Waals surface area contributed by atoms with E-state index in [0.29, 0.717) is 25.7 Å². The Hall–Kier alpha value is -1.94. The fourth-order valence-corrected chi connectivity index (χ4v) is 12.8. The minimum Gasteiger partial charge on any atom is -0.462 e. The van der Waals surface area contributed by atoms with Gasteiger partial charge in [0.1, 0.15) is 19.3 Å². The van der Waals surface area contributed by atoms with Crippen molar-refractivity contribution in [1.29, 1.82) is 0 Å². The summed E-state index contributed by atoms with van der Waals surface area (Å²) in [5.74, 6) is -0.563. The second-order valence-electron chi connectivity index (χ2n) is 27.4. The standard InChI is InChI=1S/C74H144O17P2/c1-7-10-12-14-16-17-18-19-20-21-22-23-26-30-33-40-46-52-58-73(78)90-70(63-85-72(77)57-51-45-39-32-29-27-24-25-28-31-37-42-48-54-66(4)5)65-89-93(82,83)87-61-68(75)60-86-92(80,81)88-64-69(62-84-71(76)56-50-44-36-15-13-11-8-2)91-74(79)59-53-47-41-35-34-38-43-49-55-67(6)9-3/h66-70,75H,7-65H2,1-6H3,(H,80,81)(H,82,83)/t67?,68-,69+,70+/m0/s1. The molecule has 0 aliphatic heterocycles. The molecule has 0 saturated carbocycles. The van der Waals surface area contributed by atoms with Gasteiger partial charge in [-0.2, -0.15) is 0 Å². The molecule has 0 fully saturated rings. The van der Waals surface area contributed by atoms with Crippen LogP contribution in [0.5, 0.6) is 0 Å². The molecule has 93 heavy (non-hydrogen) atoms. The third kappa shape index (κ3) is 67.0. The lowest BCUT2D eigenvalue weighted by Gasteiger charge is -2.21. The minimum absolute atomic E-state index is 0.105. The summed E-state index contributed by atoms with van der Waals surface area (Å²) in [5.41, 5.74) is 0. The summed E-state index contributed by atoms with van der Waals surface area (Å²) >= 11 is 0. The van der Waals surface area contributed by atoms with E-state index in [4.69, 9.17) is 37.0 Å². The molecule has 0 aliphatic carbocycles. The smallest absolute Gasteiger partial charge is 0.462 e. The Morgan fingerprint density at radius 2 is 0.548 bits per heavy atom. The normalized spacial score (nSPS) is 14.3. The lowest BCUT2D eigenvalue weighted by Crippen LogP contribution is -2.30. The van der Waals surface area contributed by atoms with Crippen LogP contribution in [-0.2, 0) is 65.4 Å². The molecule has 0 aromatic carbocycles. The number of carbonyl (C=O) groups excluding carboxylic acids is 4. The van der Waals surface area contributed by atoms with Gasteiger partial charge in [0.15, 0.2) is 12.2 Å². The summed E-state index contributed by atoms with van der Waals surface area (Å²) in [7, 11) is -9.90. The van der Waals surface area contributed by atoms with E-state index in [9.17, 15) is 43.2 Å². The molecule has 0 heterocycles. The number of ether oxygens (including phenoxy) is 4. The largest absolute Gasteiger partial charge is 0.472 e. The molecule has 6 atom stereocenters. The van der Waals surface area contributed by atoms with Crippen LogP contribution < -0.4 is 0 Å². The molecule has 0 amide bonds. The fraction of sp³-hybridized carbons (Fsp3) is 0.946. The Bertz CT molecular complexity index is 1810. The topological polar surface area (TPSA) is 237 Å². The number of phosphoric acid groups is 2. The molecule has 0 rings (SSSR count). The van der Waals surface area contributed by atoms with E-state index in [1.54, 1.807) is 0 Å². The Balaban J connectivity index is 5.20. The molecule has 0 spiro atoms. The third-order valence-electron chi connectivity index (χ3n) is 17.6. The van der Waals surface area contributed by atoms with Crippen LogP contribution in [0, 0.1) is 11.8 Å². The van der Waals surface area contributed by atoms with Gasteiger partial charge in [-0.15, -0.1) is 0 Å². The van der Waals surface area contributed by atoms with E-state index >= 15 is 0 Å². The highest BCUT2D eigenvalue weighted by Crippen LogP contribution is 2.45. The van der Waals surface area contributed by atoms with Crippen molar-refractivity contribution >= 4 is 39.5 Å². The minimum atomic E-state index is -4.95. The quantitative estimate of drug-likeness (QED) is 0.0222. The van der Waals surface area contributed by atoms with Crippen LogP contribution in [0.3, 0.4) is 0 Å². The van der Waals surface area contributed by atoms with Gasteiger partial charge < -0.3 is 33.8 Å². The van der Waals surface area contributed by atoms with Crippen molar-refractivity contribution in [1.82, 2.24) is 0 Å². The third-order valence-corrected chi connectivity index (χ3v) is 19.5. The van der Waals surface area contributed by atoms with Gasteiger partial charge in [0.25, 0.3) is 0 Å². The second kappa shape index (κ2) is 66.0. The van der Waals surface area contributed by atoms with Crippen LogP contribution in [0.2, 0.25) is 0 Å². The Morgan fingerprint density at radius 1 is 0.312 bits per heavy atom. The van der Waals surface area contributed by atoms with Crippen LogP contribution in [0.15, 0.2) is 0 Å². The zero-order valence-corrected chi connectivity index (χ0v) is 62.3. The van der Waals surface area contributed by atoms with Crippen molar-refractivity contribution in [2.24, 2.45) is 11.8 Å². The van der Waals surface area contributed by atoms with Gasteiger partial charge in [0.05, 0.1) is 26.4 Å². The number of carbonyl (C=O) groups is 4. The molecule has 0 saturated heterocycles. The number of esters is 4. The first-order valence-corrected chi connectivity index (χ1v) is 41.5. The van der Waals surface area contributed by atoms with E-state index in [1.165, 1.54) is 186 Å². The number of hydrogen-bond acceptors (Lipinski definition) is 15. The van der Waals surface area contributed by atoms with Gasteiger partial charge in [-0.25, -0.2) is 9.13 Å². The molecule has 19 heteroatoms. The first kappa shape index (κ1) is 91.1. The van der Waals surface area contributed by atoms with E-state index in [-0.39, 0.29) is 25.7 Å². The number of phosphoric ester groups is 2.